The SMILES string of the molecule is CNC(C)(CCCOC1CCC(C)CC1)C(N)=O. The van der Waals surface area contributed by atoms with Crippen LogP contribution in [0.25, 0.3) is 0 Å². The predicted octanol–water partition coefficient (Wildman–Crippen LogP) is 1.83. The third kappa shape index (κ3) is 4.58. The third-order valence-corrected chi connectivity index (χ3v) is 4.23. The fourth-order valence-electron chi connectivity index (χ4n) is 2.44. The molecule has 1 unspecified atom stereocenters. The van der Waals surface area contributed by atoms with Crippen LogP contribution in [0.4, 0.5) is 0 Å². The summed E-state index contributed by atoms with van der Waals surface area (Å²) in [7, 11) is 1.77. The van der Waals surface area contributed by atoms with Gasteiger partial charge in [0.15, 0.2) is 0 Å². The van der Waals surface area contributed by atoms with Crippen molar-refractivity contribution in [1.82, 2.24) is 5.32 Å². The second-order valence-electron chi connectivity index (χ2n) is 5.80. The highest BCUT2D eigenvalue weighted by Gasteiger charge is 2.28. The van der Waals surface area contributed by atoms with E-state index in [4.69, 9.17) is 10.5 Å². The van der Waals surface area contributed by atoms with Gasteiger partial charge in [-0.25, -0.2) is 0 Å². The lowest BCUT2D eigenvalue weighted by Crippen LogP contribution is -2.51. The molecular weight excluding hydrogens is 228 g/mol. The van der Waals surface area contributed by atoms with Crippen LogP contribution in [0, 0.1) is 5.92 Å². The Bertz CT molecular complexity index is 263. The largest absolute Gasteiger partial charge is 0.378 e. The maximum absolute atomic E-state index is 11.3. The number of primary amides is 1. The Kier molecular flexibility index (Phi) is 6.09. The summed E-state index contributed by atoms with van der Waals surface area (Å²) in [5.41, 5.74) is 4.77. The highest BCUT2D eigenvalue weighted by Crippen LogP contribution is 2.25. The number of hydrogen-bond acceptors (Lipinski definition) is 3. The number of carbonyl (C=O) groups is 1. The van der Waals surface area contributed by atoms with Crippen molar-refractivity contribution in [1.29, 1.82) is 0 Å². The van der Waals surface area contributed by atoms with Crippen LogP contribution >= 0.6 is 0 Å². The van der Waals surface area contributed by atoms with Crippen molar-refractivity contribution in [3.63, 3.8) is 0 Å². The van der Waals surface area contributed by atoms with E-state index in [0.717, 1.165) is 25.4 Å². The van der Waals surface area contributed by atoms with Gasteiger partial charge in [-0.05, 0) is 58.4 Å². The standard InChI is InChI=1S/C14H28N2O2/c1-11-5-7-12(8-6-11)18-10-4-9-14(2,16-3)13(15)17/h11-12,16H,4-10H2,1-3H3,(H2,15,17). The summed E-state index contributed by atoms with van der Waals surface area (Å²) in [6.45, 7) is 4.88. The summed E-state index contributed by atoms with van der Waals surface area (Å²) in [6.07, 6.45) is 6.94. The Balaban J connectivity index is 2.16. The molecule has 1 atom stereocenters. The van der Waals surface area contributed by atoms with Crippen LogP contribution in [0.15, 0.2) is 0 Å². The molecule has 4 nitrogen and oxygen atoms in total. The highest BCUT2D eigenvalue weighted by atomic mass is 16.5. The Hall–Kier alpha value is -0.610. The van der Waals surface area contributed by atoms with Crippen LogP contribution in [0.2, 0.25) is 0 Å². The van der Waals surface area contributed by atoms with Crippen molar-refractivity contribution in [2.45, 2.75) is 64.0 Å². The highest BCUT2D eigenvalue weighted by molar-refractivity contribution is 5.84. The van der Waals surface area contributed by atoms with Gasteiger partial charge in [-0.2, -0.15) is 0 Å². The molecule has 1 aliphatic rings. The zero-order valence-corrected chi connectivity index (χ0v) is 12.0. The molecule has 0 heterocycles. The number of nitrogens with two attached hydrogens (primary N) is 1. The van der Waals surface area contributed by atoms with Gasteiger partial charge in [-0.3, -0.25) is 4.79 Å². The molecule has 1 fully saturated rings. The van der Waals surface area contributed by atoms with Crippen LogP contribution in [0.3, 0.4) is 0 Å². The van der Waals surface area contributed by atoms with Gasteiger partial charge in [0, 0.05) is 6.61 Å². The Morgan fingerprint density at radius 3 is 2.50 bits per heavy atom. The summed E-state index contributed by atoms with van der Waals surface area (Å²) >= 11 is 0. The number of rotatable bonds is 7. The average molecular weight is 256 g/mol. The maximum Gasteiger partial charge on any atom is 0.237 e. The lowest BCUT2D eigenvalue weighted by atomic mass is 9.89. The molecule has 0 spiro atoms. The minimum Gasteiger partial charge on any atom is -0.378 e. The van der Waals surface area contributed by atoms with Gasteiger partial charge in [0.1, 0.15) is 0 Å². The van der Waals surface area contributed by atoms with E-state index < -0.39 is 5.54 Å². The summed E-state index contributed by atoms with van der Waals surface area (Å²) in [4.78, 5) is 11.3. The van der Waals surface area contributed by atoms with Crippen molar-refractivity contribution >= 4 is 5.91 Å². The normalized spacial score (nSPS) is 27.7. The van der Waals surface area contributed by atoms with E-state index in [1.54, 1.807) is 7.05 Å². The van der Waals surface area contributed by atoms with Crippen LogP contribution in [0.1, 0.15) is 52.4 Å². The smallest absolute Gasteiger partial charge is 0.237 e. The second-order valence-corrected chi connectivity index (χ2v) is 5.80. The zero-order valence-electron chi connectivity index (χ0n) is 12.0. The maximum atomic E-state index is 11.3. The first kappa shape index (κ1) is 15.4. The van der Waals surface area contributed by atoms with E-state index in [1.165, 1.54) is 25.7 Å². The minimum atomic E-state index is -0.607. The van der Waals surface area contributed by atoms with Gasteiger partial charge >= 0.3 is 0 Å². The van der Waals surface area contributed by atoms with E-state index >= 15 is 0 Å². The minimum absolute atomic E-state index is 0.295. The van der Waals surface area contributed by atoms with Crippen LogP contribution < -0.4 is 11.1 Å². The quantitative estimate of drug-likeness (QED) is 0.683. The molecule has 0 radical (unpaired) electrons. The third-order valence-electron chi connectivity index (χ3n) is 4.23. The van der Waals surface area contributed by atoms with Crippen molar-refractivity contribution in [2.24, 2.45) is 11.7 Å². The predicted molar refractivity (Wildman–Crippen MR) is 73.3 cm³/mol. The lowest BCUT2D eigenvalue weighted by Gasteiger charge is -2.28. The molecule has 3 N–H and O–H groups in total. The van der Waals surface area contributed by atoms with E-state index in [0.29, 0.717) is 6.10 Å². The van der Waals surface area contributed by atoms with Gasteiger partial charge in [0.05, 0.1) is 11.6 Å². The lowest BCUT2D eigenvalue weighted by molar-refractivity contribution is -0.124. The molecular formula is C14H28N2O2. The van der Waals surface area contributed by atoms with Gasteiger partial charge in [0.25, 0.3) is 0 Å². The van der Waals surface area contributed by atoms with E-state index in [2.05, 4.69) is 12.2 Å². The first-order valence-electron chi connectivity index (χ1n) is 7.08. The van der Waals surface area contributed by atoms with Crippen LogP contribution in [0.5, 0.6) is 0 Å². The monoisotopic (exact) mass is 256 g/mol. The van der Waals surface area contributed by atoms with Gasteiger partial charge in [-0.15, -0.1) is 0 Å². The number of carbonyl (C=O) groups excluding carboxylic acids is 1. The van der Waals surface area contributed by atoms with Crippen LogP contribution in [-0.4, -0.2) is 31.2 Å². The van der Waals surface area contributed by atoms with Crippen molar-refractivity contribution in [3.8, 4) is 0 Å². The molecule has 0 aromatic carbocycles. The Labute approximate surface area is 111 Å². The topological polar surface area (TPSA) is 64.3 Å². The molecule has 1 saturated carbocycles. The number of amides is 1. The van der Waals surface area contributed by atoms with Gasteiger partial charge < -0.3 is 15.8 Å². The molecule has 1 rings (SSSR count). The summed E-state index contributed by atoms with van der Waals surface area (Å²) in [5, 5.41) is 2.99. The molecule has 1 aliphatic carbocycles. The van der Waals surface area contributed by atoms with E-state index in [-0.39, 0.29) is 5.91 Å². The average Bonchev–Trinajstić information content (AvgIpc) is 2.36. The molecule has 0 aromatic heterocycles. The molecule has 4 heteroatoms. The van der Waals surface area contributed by atoms with Crippen molar-refractivity contribution in [3.05, 3.63) is 0 Å². The summed E-state index contributed by atoms with van der Waals surface area (Å²) in [5.74, 6) is 0.559. The fraction of sp³-hybridized carbons (Fsp3) is 0.929. The van der Waals surface area contributed by atoms with Crippen molar-refractivity contribution in [2.75, 3.05) is 13.7 Å². The Morgan fingerprint density at radius 2 is 2.00 bits per heavy atom. The molecule has 0 aromatic rings. The van der Waals surface area contributed by atoms with Crippen molar-refractivity contribution < 1.29 is 9.53 Å². The van der Waals surface area contributed by atoms with Gasteiger partial charge in [0.2, 0.25) is 5.91 Å². The molecule has 1 amide bonds. The number of likely N-dealkylation sites (N-methyl/N-ethyl adjacent to an activating group) is 1. The number of nitrogens with one attached hydrogen (secondary N) is 1. The van der Waals surface area contributed by atoms with Crippen LogP contribution in [-0.2, 0) is 9.53 Å². The molecule has 0 saturated heterocycles. The van der Waals surface area contributed by atoms with E-state index in [9.17, 15) is 4.79 Å². The second kappa shape index (κ2) is 7.10. The zero-order chi connectivity index (χ0) is 13.6. The van der Waals surface area contributed by atoms with E-state index in [1.807, 2.05) is 6.92 Å². The van der Waals surface area contributed by atoms with Gasteiger partial charge in [-0.1, -0.05) is 6.92 Å². The Morgan fingerprint density at radius 1 is 1.39 bits per heavy atom. The molecule has 106 valence electrons. The molecule has 0 bridgehead atoms. The number of hydrogen-bond donors (Lipinski definition) is 2. The summed E-state index contributed by atoms with van der Waals surface area (Å²) in [6, 6.07) is 0. The molecule has 0 aliphatic heterocycles. The number of ether oxygens (including phenoxy) is 1. The molecule has 18 heavy (non-hydrogen) atoms. The first-order valence-corrected chi connectivity index (χ1v) is 7.08. The fourth-order valence-corrected chi connectivity index (χ4v) is 2.44. The first-order chi connectivity index (χ1) is 8.48. The summed E-state index contributed by atoms with van der Waals surface area (Å²) < 4.78 is 5.87.